The second-order valence-electron chi connectivity index (χ2n) is 6.04. The van der Waals surface area contributed by atoms with E-state index in [9.17, 15) is 22.7 Å². The number of aromatic carboxylic acids is 1. The van der Waals surface area contributed by atoms with Crippen molar-refractivity contribution in [3.8, 4) is 0 Å². The van der Waals surface area contributed by atoms with Crippen molar-refractivity contribution >= 4 is 37.6 Å². The van der Waals surface area contributed by atoms with Crippen molar-refractivity contribution in [1.82, 2.24) is 0 Å². The summed E-state index contributed by atoms with van der Waals surface area (Å²) < 4.78 is 41.8. The number of nitrogens with zero attached hydrogens (tertiary/aromatic N) is 1. The van der Waals surface area contributed by atoms with Crippen molar-refractivity contribution in [2.45, 2.75) is 37.5 Å². The molecule has 0 N–H and O–H groups in total. The van der Waals surface area contributed by atoms with Crippen molar-refractivity contribution in [2.75, 3.05) is 10.8 Å². The fourth-order valence-electron chi connectivity index (χ4n) is 2.63. The predicted molar refractivity (Wildman–Crippen MR) is 104 cm³/mol. The number of rotatable bonds is 9. The van der Waals surface area contributed by atoms with Crippen LogP contribution in [0.2, 0.25) is 0 Å². The van der Waals surface area contributed by atoms with Crippen molar-refractivity contribution in [1.29, 1.82) is 0 Å². The molecule has 0 aliphatic carbocycles. The van der Waals surface area contributed by atoms with E-state index < -0.39 is 27.4 Å². The molecule has 0 aromatic heterocycles. The van der Waals surface area contributed by atoms with E-state index in [0.29, 0.717) is 6.42 Å². The van der Waals surface area contributed by atoms with Crippen LogP contribution in [0.3, 0.4) is 0 Å². The van der Waals surface area contributed by atoms with Crippen molar-refractivity contribution in [3.05, 3.63) is 58.3 Å². The molecular weight excluding hydrogens is 437 g/mol. The van der Waals surface area contributed by atoms with Gasteiger partial charge in [-0.2, -0.15) is 0 Å². The van der Waals surface area contributed by atoms with Gasteiger partial charge in [0.1, 0.15) is 5.82 Å². The monoisotopic (exact) mass is 456 g/mol. The maximum absolute atomic E-state index is 13.7. The van der Waals surface area contributed by atoms with E-state index in [1.54, 1.807) is 12.1 Å². The number of sulfonamides is 1. The number of unbranched alkanes of at least 4 members (excludes halogenated alkanes) is 3. The van der Waals surface area contributed by atoms with E-state index in [1.807, 2.05) is 6.92 Å². The Morgan fingerprint density at radius 1 is 1.11 bits per heavy atom. The molecule has 0 bridgehead atoms. The Bertz CT molecular complexity index is 900. The zero-order chi connectivity index (χ0) is 20.0. The van der Waals surface area contributed by atoms with Gasteiger partial charge in [0.2, 0.25) is 0 Å². The maximum Gasteiger partial charge on any atom is 0.264 e. The summed E-state index contributed by atoms with van der Waals surface area (Å²) in [6, 6.07) is 9.34. The summed E-state index contributed by atoms with van der Waals surface area (Å²) in [4.78, 5) is 11.2. The van der Waals surface area contributed by atoms with Crippen LogP contribution in [-0.4, -0.2) is 20.9 Å². The topological polar surface area (TPSA) is 77.5 Å². The first-order valence-corrected chi connectivity index (χ1v) is 10.8. The average molecular weight is 457 g/mol. The highest BCUT2D eigenvalue weighted by atomic mass is 79.9. The van der Waals surface area contributed by atoms with E-state index in [-0.39, 0.29) is 17.1 Å². The molecule has 0 fully saturated rings. The molecule has 5 nitrogen and oxygen atoms in total. The molecule has 0 saturated heterocycles. The number of carbonyl (C=O) groups is 1. The number of carbonyl (C=O) groups excluding carboxylic acids is 1. The third-order valence-corrected chi connectivity index (χ3v) is 6.44. The van der Waals surface area contributed by atoms with Gasteiger partial charge in [-0.1, -0.05) is 42.1 Å². The first kappa shape index (κ1) is 21.4. The molecular formula is C19H20BrFNO4S-. The number of benzene rings is 2. The lowest BCUT2D eigenvalue weighted by Gasteiger charge is -2.25. The lowest BCUT2D eigenvalue weighted by atomic mass is 10.1. The summed E-state index contributed by atoms with van der Waals surface area (Å²) in [6.45, 7) is 2.21. The van der Waals surface area contributed by atoms with E-state index in [1.165, 1.54) is 18.2 Å². The Hall–Kier alpha value is -1.93. The zero-order valence-corrected chi connectivity index (χ0v) is 17.2. The van der Waals surface area contributed by atoms with Crippen LogP contribution in [0.4, 0.5) is 10.1 Å². The van der Waals surface area contributed by atoms with Crippen LogP contribution in [0.15, 0.2) is 51.8 Å². The van der Waals surface area contributed by atoms with Crippen molar-refractivity contribution in [2.24, 2.45) is 0 Å². The van der Waals surface area contributed by atoms with E-state index in [0.717, 1.165) is 40.2 Å². The minimum Gasteiger partial charge on any atom is -0.545 e. The third kappa shape index (κ3) is 5.29. The third-order valence-electron chi connectivity index (χ3n) is 4.07. The molecule has 146 valence electrons. The second-order valence-corrected chi connectivity index (χ2v) is 8.82. The first-order valence-electron chi connectivity index (χ1n) is 8.56. The number of halogens is 2. The standard InChI is InChI=1S/C19H21BrFNO4S/c1-2-3-4-5-12-22(15-8-11-18(21)17(13-15)19(23)24)27(25,26)16-9-6-14(20)7-10-16/h6-11,13H,2-5,12H2,1H3,(H,23,24)/p-1. The Morgan fingerprint density at radius 3 is 2.37 bits per heavy atom. The van der Waals surface area contributed by atoms with E-state index in [4.69, 9.17) is 0 Å². The summed E-state index contributed by atoms with van der Waals surface area (Å²) in [5, 5.41) is 11.1. The van der Waals surface area contributed by atoms with Gasteiger partial charge in [0, 0.05) is 16.6 Å². The van der Waals surface area contributed by atoms with Crippen LogP contribution in [0.5, 0.6) is 0 Å². The highest BCUT2D eigenvalue weighted by Gasteiger charge is 2.25. The molecule has 2 aromatic carbocycles. The summed E-state index contributed by atoms with van der Waals surface area (Å²) in [7, 11) is -3.94. The van der Waals surface area contributed by atoms with Gasteiger partial charge in [-0.05, 0) is 48.9 Å². The Labute approximate surface area is 167 Å². The number of carboxylic acids is 1. The molecule has 0 spiro atoms. The van der Waals surface area contributed by atoms with Gasteiger partial charge in [-0.3, -0.25) is 4.31 Å². The van der Waals surface area contributed by atoms with Crippen LogP contribution >= 0.6 is 15.9 Å². The lowest BCUT2D eigenvalue weighted by Crippen LogP contribution is -2.33. The molecule has 0 heterocycles. The molecule has 2 aromatic rings. The molecule has 8 heteroatoms. The summed E-state index contributed by atoms with van der Waals surface area (Å²) >= 11 is 3.26. The normalized spacial score (nSPS) is 11.4. The maximum atomic E-state index is 13.7. The summed E-state index contributed by atoms with van der Waals surface area (Å²) in [5.74, 6) is -2.66. The van der Waals surface area contributed by atoms with Gasteiger partial charge in [0.05, 0.1) is 16.6 Å². The van der Waals surface area contributed by atoms with Crippen LogP contribution in [0, 0.1) is 5.82 Å². The minimum absolute atomic E-state index is 0.0699. The summed E-state index contributed by atoms with van der Waals surface area (Å²) in [5.41, 5.74) is -0.577. The highest BCUT2D eigenvalue weighted by molar-refractivity contribution is 9.10. The molecule has 0 saturated carbocycles. The molecule has 27 heavy (non-hydrogen) atoms. The number of carboxylic acid groups (broad SMARTS) is 1. The molecule has 0 atom stereocenters. The molecule has 0 aliphatic heterocycles. The van der Waals surface area contributed by atoms with Crippen LogP contribution in [-0.2, 0) is 10.0 Å². The minimum atomic E-state index is -3.94. The second kappa shape index (κ2) is 9.32. The fraction of sp³-hybridized carbons (Fsp3) is 0.316. The smallest absolute Gasteiger partial charge is 0.264 e. The van der Waals surface area contributed by atoms with Crippen LogP contribution < -0.4 is 9.41 Å². The van der Waals surface area contributed by atoms with Gasteiger partial charge in [0.15, 0.2) is 0 Å². The van der Waals surface area contributed by atoms with Gasteiger partial charge >= 0.3 is 0 Å². The molecule has 0 amide bonds. The quantitative estimate of drug-likeness (QED) is 0.538. The molecule has 0 radical (unpaired) electrons. The van der Waals surface area contributed by atoms with Gasteiger partial charge in [-0.25, -0.2) is 12.8 Å². The zero-order valence-electron chi connectivity index (χ0n) is 14.8. The van der Waals surface area contributed by atoms with E-state index in [2.05, 4.69) is 15.9 Å². The Morgan fingerprint density at radius 2 is 1.78 bits per heavy atom. The number of hydrogen-bond donors (Lipinski definition) is 0. The van der Waals surface area contributed by atoms with E-state index >= 15 is 0 Å². The largest absolute Gasteiger partial charge is 0.545 e. The van der Waals surface area contributed by atoms with Crippen LogP contribution in [0.25, 0.3) is 0 Å². The average Bonchev–Trinajstić information content (AvgIpc) is 2.62. The Balaban J connectivity index is 2.46. The van der Waals surface area contributed by atoms with Gasteiger partial charge < -0.3 is 9.90 Å². The first-order chi connectivity index (χ1) is 12.8. The Kier molecular flexibility index (Phi) is 7.38. The molecule has 2 rings (SSSR count). The number of anilines is 1. The van der Waals surface area contributed by atoms with Gasteiger partial charge in [-0.15, -0.1) is 0 Å². The predicted octanol–water partition coefficient (Wildman–Crippen LogP) is 3.73. The fourth-order valence-corrected chi connectivity index (χ4v) is 4.39. The lowest BCUT2D eigenvalue weighted by molar-refractivity contribution is -0.255. The summed E-state index contributed by atoms with van der Waals surface area (Å²) in [6.07, 6.45) is 3.38. The van der Waals surface area contributed by atoms with Crippen molar-refractivity contribution < 1.29 is 22.7 Å². The highest BCUT2D eigenvalue weighted by Crippen LogP contribution is 2.27. The van der Waals surface area contributed by atoms with Crippen molar-refractivity contribution in [3.63, 3.8) is 0 Å². The van der Waals surface area contributed by atoms with Gasteiger partial charge in [0.25, 0.3) is 10.0 Å². The SMILES string of the molecule is CCCCCCN(c1ccc(F)c(C(=O)[O-])c1)S(=O)(=O)c1ccc(Br)cc1. The molecule has 0 unspecified atom stereocenters. The van der Waals surface area contributed by atoms with Crippen LogP contribution in [0.1, 0.15) is 43.0 Å². The molecule has 0 aliphatic rings. The number of hydrogen-bond acceptors (Lipinski definition) is 4.